The molecule has 0 unspecified atom stereocenters. The maximum absolute atomic E-state index is 11.4. The number of aliphatic hydroxyl groups is 1. The lowest BCUT2D eigenvalue weighted by atomic mass is 10.1. The number of ketones is 1. The third kappa shape index (κ3) is 2.69. The van der Waals surface area contributed by atoms with Crippen molar-refractivity contribution in [2.24, 2.45) is 5.92 Å². The van der Waals surface area contributed by atoms with Gasteiger partial charge >= 0.3 is 0 Å². The van der Waals surface area contributed by atoms with Crippen molar-refractivity contribution in [2.75, 3.05) is 0 Å². The van der Waals surface area contributed by atoms with Crippen LogP contribution in [0.2, 0.25) is 0 Å². The van der Waals surface area contributed by atoms with E-state index in [0.29, 0.717) is 5.56 Å². The molecule has 0 atom stereocenters. The van der Waals surface area contributed by atoms with Gasteiger partial charge in [-0.1, -0.05) is 28.1 Å². The van der Waals surface area contributed by atoms with Crippen molar-refractivity contribution < 1.29 is 9.90 Å². The van der Waals surface area contributed by atoms with Gasteiger partial charge in [0.2, 0.25) is 0 Å². The highest BCUT2D eigenvalue weighted by Gasteiger charge is 2.28. The lowest BCUT2D eigenvalue weighted by molar-refractivity contribution is -0.115. The molecule has 1 aliphatic carbocycles. The Morgan fingerprint density at radius 3 is 2.47 bits per heavy atom. The molecular formula is C12H11BrO2. The molecule has 1 aliphatic rings. The number of halogens is 1. The normalized spacial score (nSPS) is 16.5. The number of rotatable bonds is 3. The molecular weight excluding hydrogens is 256 g/mol. The van der Waals surface area contributed by atoms with Crippen molar-refractivity contribution in [1.82, 2.24) is 0 Å². The summed E-state index contributed by atoms with van der Waals surface area (Å²) < 4.78 is 0.951. The SMILES string of the molecule is O=C(C=C(O)c1ccc(Br)cc1)C1CC1. The molecule has 0 saturated heterocycles. The number of benzene rings is 1. The molecule has 1 fully saturated rings. The number of aliphatic hydroxyl groups excluding tert-OH is 1. The summed E-state index contributed by atoms with van der Waals surface area (Å²) in [6.07, 6.45) is 3.26. The molecule has 0 heterocycles. The monoisotopic (exact) mass is 266 g/mol. The Kier molecular flexibility index (Phi) is 2.91. The second-order valence-corrected chi connectivity index (χ2v) is 4.63. The van der Waals surface area contributed by atoms with Crippen molar-refractivity contribution in [3.8, 4) is 0 Å². The molecule has 3 heteroatoms. The molecule has 1 aromatic carbocycles. The number of carbonyl (C=O) groups excluding carboxylic acids is 1. The van der Waals surface area contributed by atoms with E-state index in [4.69, 9.17) is 0 Å². The first-order chi connectivity index (χ1) is 7.16. The summed E-state index contributed by atoms with van der Waals surface area (Å²) in [5.74, 6) is 0.248. The molecule has 0 aliphatic heterocycles. The third-order valence-corrected chi connectivity index (χ3v) is 2.93. The molecule has 0 aromatic heterocycles. The van der Waals surface area contributed by atoms with Gasteiger partial charge in [0.05, 0.1) is 0 Å². The molecule has 0 amide bonds. The van der Waals surface area contributed by atoms with Gasteiger partial charge in [-0.2, -0.15) is 0 Å². The molecule has 0 bridgehead atoms. The van der Waals surface area contributed by atoms with Crippen LogP contribution in [0.3, 0.4) is 0 Å². The first-order valence-corrected chi connectivity index (χ1v) is 5.66. The molecule has 0 radical (unpaired) electrons. The maximum atomic E-state index is 11.4. The number of hydrogen-bond donors (Lipinski definition) is 1. The molecule has 1 aromatic rings. The summed E-state index contributed by atoms with van der Waals surface area (Å²) in [6.45, 7) is 0. The van der Waals surface area contributed by atoms with Crippen molar-refractivity contribution in [3.63, 3.8) is 0 Å². The van der Waals surface area contributed by atoms with Gasteiger partial charge in [0, 0.05) is 22.0 Å². The second kappa shape index (κ2) is 4.19. The lowest BCUT2D eigenvalue weighted by Crippen LogP contribution is -1.96. The van der Waals surface area contributed by atoms with E-state index in [1.807, 2.05) is 12.1 Å². The summed E-state index contributed by atoms with van der Waals surface area (Å²) >= 11 is 3.31. The van der Waals surface area contributed by atoms with Gasteiger partial charge in [-0.05, 0) is 25.0 Å². The highest BCUT2D eigenvalue weighted by atomic mass is 79.9. The fraction of sp³-hybridized carbons (Fsp3) is 0.250. The van der Waals surface area contributed by atoms with Crippen LogP contribution in [-0.2, 0) is 4.79 Å². The molecule has 2 nitrogen and oxygen atoms in total. The zero-order valence-corrected chi connectivity index (χ0v) is 9.70. The van der Waals surface area contributed by atoms with Crippen LogP contribution < -0.4 is 0 Å². The van der Waals surface area contributed by atoms with Crippen molar-refractivity contribution in [1.29, 1.82) is 0 Å². The molecule has 2 rings (SSSR count). The molecule has 0 spiro atoms. The summed E-state index contributed by atoms with van der Waals surface area (Å²) in [6, 6.07) is 7.22. The summed E-state index contributed by atoms with van der Waals surface area (Å²) in [7, 11) is 0. The van der Waals surface area contributed by atoms with Crippen LogP contribution in [0.25, 0.3) is 5.76 Å². The number of hydrogen-bond acceptors (Lipinski definition) is 2. The van der Waals surface area contributed by atoms with Gasteiger partial charge < -0.3 is 5.11 Å². The quantitative estimate of drug-likeness (QED) is 0.673. The number of carbonyl (C=O) groups is 1. The van der Waals surface area contributed by atoms with Gasteiger partial charge in [0.1, 0.15) is 5.76 Å². The zero-order valence-electron chi connectivity index (χ0n) is 8.11. The fourth-order valence-corrected chi connectivity index (χ4v) is 1.59. The Morgan fingerprint density at radius 1 is 1.33 bits per heavy atom. The lowest BCUT2D eigenvalue weighted by Gasteiger charge is -1.99. The average molecular weight is 267 g/mol. The van der Waals surface area contributed by atoms with Crippen molar-refractivity contribution in [2.45, 2.75) is 12.8 Å². The maximum Gasteiger partial charge on any atom is 0.162 e. The van der Waals surface area contributed by atoms with Crippen LogP contribution >= 0.6 is 15.9 Å². The highest BCUT2D eigenvalue weighted by Crippen LogP contribution is 2.31. The van der Waals surface area contributed by atoms with E-state index in [2.05, 4.69) is 15.9 Å². The Balaban J connectivity index is 2.15. The van der Waals surface area contributed by atoms with Gasteiger partial charge in [0.15, 0.2) is 5.78 Å². The average Bonchev–Trinajstić information content (AvgIpc) is 3.01. The van der Waals surface area contributed by atoms with E-state index < -0.39 is 0 Å². The minimum absolute atomic E-state index is 0.0374. The highest BCUT2D eigenvalue weighted by molar-refractivity contribution is 9.10. The largest absolute Gasteiger partial charge is 0.507 e. The minimum Gasteiger partial charge on any atom is -0.507 e. The Morgan fingerprint density at radius 2 is 1.93 bits per heavy atom. The first-order valence-electron chi connectivity index (χ1n) is 4.87. The zero-order chi connectivity index (χ0) is 10.8. The standard InChI is InChI=1S/C12H11BrO2/c13-10-5-3-9(4-6-10)12(15)7-11(14)8-1-2-8/h3-8,15H,1-2H2. The van der Waals surface area contributed by atoms with E-state index >= 15 is 0 Å². The van der Waals surface area contributed by atoms with E-state index in [1.54, 1.807) is 12.1 Å². The van der Waals surface area contributed by atoms with Gasteiger partial charge in [-0.25, -0.2) is 0 Å². The molecule has 15 heavy (non-hydrogen) atoms. The Labute approximate surface area is 96.7 Å². The smallest absolute Gasteiger partial charge is 0.162 e. The van der Waals surface area contributed by atoms with E-state index in [0.717, 1.165) is 17.3 Å². The van der Waals surface area contributed by atoms with Gasteiger partial charge in [-0.15, -0.1) is 0 Å². The molecule has 78 valence electrons. The topological polar surface area (TPSA) is 37.3 Å². The Hall–Kier alpha value is -1.09. The first kappa shape index (κ1) is 10.4. The van der Waals surface area contributed by atoms with Crippen molar-refractivity contribution in [3.05, 3.63) is 40.4 Å². The Bertz CT molecular complexity index is 402. The van der Waals surface area contributed by atoms with E-state index in [-0.39, 0.29) is 17.5 Å². The van der Waals surface area contributed by atoms with E-state index in [1.165, 1.54) is 6.08 Å². The van der Waals surface area contributed by atoms with Crippen LogP contribution in [0.4, 0.5) is 0 Å². The third-order valence-electron chi connectivity index (χ3n) is 2.40. The van der Waals surface area contributed by atoms with Crippen LogP contribution in [0.1, 0.15) is 18.4 Å². The van der Waals surface area contributed by atoms with Crippen LogP contribution in [0, 0.1) is 5.92 Å². The second-order valence-electron chi connectivity index (χ2n) is 3.71. The predicted molar refractivity (Wildman–Crippen MR) is 62.5 cm³/mol. The fourth-order valence-electron chi connectivity index (χ4n) is 1.32. The predicted octanol–water partition coefficient (Wildman–Crippen LogP) is 3.33. The minimum atomic E-state index is 0.0374. The van der Waals surface area contributed by atoms with E-state index in [9.17, 15) is 9.90 Å². The van der Waals surface area contributed by atoms with Gasteiger partial charge in [-0.3, -0.25) is 4.79 Å². The summed E-state index contributed by atoms with van der Waals surface area (Å²) in [5.41, 5.74) is 0.673. The molecule has 1 N–H and O–H groups in total. The summed E-state index contributed by atoms with van der Waals surface area (Å²) in [4.78, 5) is 11.4. The van der Waals surface area contributed by atoms with Crippen molar-refractivity contribution >= 4 is 27.5 Å². The van der Waals surface area contributed by atoms with Gasteiger partial charge in [0.25, 0.3) is 0 Å². The van der Waals surface area contributed by atoms with Crippen LogP contribution in [0.5, 0.6) is 0 Å². The number of allylic oxidation sites excluding steroid dienone is 1. The van der Waals surface area contributed by atoms with Crippen LogP contribution in [0.15, 0.2) is 34.8 Å². The van der Waals surface area contributed by atoms with Crippen LogP contribution in [-0.4, -0.2) is 10.9 Å². The molecule has 1 saturated carbocycles. The summed E-state index contributed by atoms with van der Waals surface area (Å²) in [5, 5.41) is 9.68.